The number of hydrogen-bond acceptors (Lipinski definition) is 4. The van der Waals surface area contributed by atoms with E-state index in [1.807, 2.05) is 0 Å². The van der Waals surface area contributed by atoms with E-state index in [9.17, 15) is 14.3 Å². The minimum Gasteiger partial charge on any atom is -0.477 e. The van der Waals surface area contributed by atoms with Crippen molar-refractivity contribution >= 4 is 27.8 Å². The molecular weight excluding hydrogens is 315 g/mol. The average Bonchev–Trinajstić information content (AvgIpc) is 3.17. The van der Waals surface area contributed by atoms with Gasteiger partial charge in [-0.25, -0.2) is 14.2 Å². The van der Waals surface area contributed by atoms with Crippen LogP contribution in [0.2, 0.25) is 0 Å². The molecule has 0 saturated carbocycles. The fourth-order valence-electron chi connectivity index (χ4n) is 2.75. The molecule has 7 heteroatoms. The lowest BCUT2D eigenvalue weighted by atomic mass is 10.1. The molecule has 120 valence electrons. The Hall–Kier alpha value is -3.19. The summed E-state index contributed by atoms with van der Waals surface area (Å²) in [5.41, 5.74) is 1.22. The molecule has 0 bridgehead atoms. The molecule has 0 unspecified atom stereocenters. The Balaban J connectivity index is 2.09. The Bertz CT molecular complexity index is 1100. The number of aliphatic hydroxyl groups is 1. The van der Waals surface area contributed by atoms with Gasteiger partial charge in [-0.2, -0.15) is 0 Å². The summed E-state index contributed by atoms with van der Waals surface area (Å²) in [6, 6.07) is 8.85. The Kier molecular flexibility index (Phi) is 3.10. The third-order valence-electron chi connectivity index (χ3n) is 3.82. The summed E-state index contributed by atoms with van der Waals surface area (Å²) in [4.78, 5) is 18.6. The molecule has 1 aromatic carbocycles. The molecule has 6 nitrogen and oxygen atoms in total. The van der Waals surface area contributed by atoms with Gasteiger partial charge in [-0.3, -0.25) is 0 Å². The van der Waals surface area contributed by atoms with Crippen LogP contribution in [0, 0.1) is 5.82 Å². The van der Waals surface area contributed by atoms with E-state index in [1.165, 1.54) is 18.2 Å². The summed E-state index contributed by atoms with van der Waals surface area (Å²) in [6.07, 6.45) is 0. The third kappa shape index (κ3) is 2.14. The maximum Gasteiger partial charge on any atom is 0.354 e. The molecule has 4 rings (SSSR count). The number of fused-ring (bicyclic) bond motifs is 3. The number of carbonyl (C=O) groups is 1. The van der Waals surface area contributed by atoms with E-state index in [2.05, 4.69) is 9.97 Å². The van der Waals surface area contributed by atoms with Crippen LogP contribution in [-0.2, 0) is 6.61 Å². The fraction of sp³-hybridized carbons (Fsp3) is 0.0588. The lowest BCUT2D eigenvalue weighted by Gasteiger charge is -2.02. The second kappa shape index (κ2) is 5.17. The maximum atomic E-state index is 13.5. The highest BCUT2D eigenvalue weighted by Gasteiger charge is 2.18. The number of aliphatic hydroxyl groups excluding tert-OH is 1. The number of aromatic amines is 1. The fourth-order valence-corrected chi connectivity index (χ4v) is 2.75. The van der Waals surface area contributed by atoms with E-state index in [-0.39, 0.29) is 12.3 Å². The van der Waals surface area contributed by atoms with Crippen LogP contribution in [0.4, 0.5) is 4.39 Å². The number of nitrogens with one attached hydrogen (secondary N) is 1. The zero-order valence-electron chi connectivity index (χ0n) is 12.2. The molecule has 0 aliphatic heterocycles. The highest BCUT2D eigenvalue weighted by molar-refractivity contribution is 6.12. The lowest BCUT2D eigenvalue weighted by molar-refractivity contribution is 0.0691. The van der Waals surface area contributed by atoms with Gasteiger partial charge in [0.25, 0.3) is 0 Å². The topological polar surface area (TPSA) is 99.3 Å². The number of H-pyrrole nitrogens is 1. The minimum absolute atomic E-state index is 0.148. The summed E-state index contributed by atoms with van der Waals surface area (Å²) in [7, 11) is 0. The van der Waals surface area contributed by atoms with E-state index in [1.54, 1.807) is 18.2 Å². The number of furan rings is 1. The quantitative estimate of drug-likeness (QED) is 0.536. The number of carboxylic acids is 1. The molecule has 3 N–H and O–H groups in total. The molecule has 3 heterocycles. The highest BCUT2D eigenvalue weighted by Crippen LogP contribution is 2.33. The van der Waals surface area contributed by atoms with Gasteiger partial charge in [0.2, 0.25) is 0 Å². The van der Waals surface area contributed by atoms with Gasteiger partial charge in [0.05, 0.1) is 5.52 Å². The number of benzene rings is 1. The molecule has 24 heavy (non-hydrogen) atoms. The van der Waals surface area contributed by atoms with Crippen molar-refractivity contribution in [3.8, 4) is 11.5 Å². The molecule has 0 atom stereocenters. The van der Waals surface area contributed by atoms with E-state index in [0.717, 1.165) is 0 Å². The van der Waals surface area contributed by atoms with Crippen molar-refractivity contribution in [1.82, 2.24) is 9.97 Å². The molecule has 3 aromatic heterocycles. The summed E-state index contributed by atoms with van der Waals surface area (Å²) < 4.78 is 19.0. The van der Waals surface area contributed by atoms with E-state index >= 15 is 0 Å². The Morgan fingerprint density at radius 3 is 2.75 bits per heavy atom. The van der Waals surface area contributed by atoms with Crippen LogP contribution in [-0.4, -0.2) is 26.2 Å². The molecule has 0 saturated heterocycles. The van der Waals surface area contributed by atoms with Crippen LogP contribution < -0.4 is 0 Å². The molecule has 0 radical (unpaired) electrons. The first-order chi connectivity index (χ1) is 11.6. The van der Waals surface area contributed by atoms with Gasteiger partial charge in [0, 0.05) is 16.3 Å². The number of carboxylic acid groups (broad SMARTS) is 1. The van der Waals surface area contributed by atoms with Crippen LogP contribution in [0.3, 0.4) is 0 Å². The second-order valence-electron chi connectivity index (χ2n) is 5.32. The number of rotatable bonds is 3. The van der Waals surface area contributed by atoms with E-state index in [4.69, 9.17) is 9.52 Å². The summed E-state index contributed by atoms with van der Waals surface area (Å²) >= 11 is 0. The zero-order valence-corrected chi connectivity index (χ0v) is 12.2. The number of aromatic carboxylic acids is 1. The van der Waals surface area contributed by atoms with Gasteiger partial charge in [-0.05, 0) is 36.4 Å². The van der Waals surface area contributed by atoms with Crippen LogP contribution in [0.15, 0.2) is 40.8 Å². The van der Waals surface area contributed by atoms with Gasteiger partial charge in [-0.15, -0.1) is 0 Å². The van der Waals surface area contributed by atoms with Crippen LogP contribution in [0.5, 0.6) is 0 Å². The van der Waals surface area contributed by atoms with Crippen molar-refractivity contribution in [3.05, 3.63) is 53.7 Å². The van der Waals surface area contributed by atoms with Crippen LogP contribution in [0.25, 0.3) is 33.3 Å². The van der Waals surface area contributed by atoms with Crippen LogP contribution in [0.1, 0.15) is 16.2 Å². The predicted molar refractivity (Wildman–Crippen MR) is 84.1 cm³/mol. The first-order valence-corrected chi connectivity index (χ1v) is 7.12. The van der Waals surface area contributed by atoms with Crippen LogP contribution >= 0.6 is 0 Å². The molecule has 0 amide bonds. The Labute approximate surface area is 134 Å². The summed E-state index contributed by atoms with van der Waals surface area (Å²) in [6.45, 7) is -0.278. The number of pyridine rings is 1. The largest absolute Gasteiger partial charge is 0.477 e. The van der Waals surface area contributed by atoms with Crippen molar-refractivity contribution in [1.29, 1.82) is 0 Å². The van der Waals surface area contributed by atoms with Crippen molar-refractivity contribution in [2.45, 2.75) is 6.61 Å². The maximum absolute atomic E-state index is 13.5. The van der Waals surface area contributed by atoms with Gasteiger partial charge in [-0.1, -0.05) is 0 Å². The highest BCUT2D eigenvalue weighted by atomic mass is 19.1. The molecular formula is C17H11FN2O4. The number of aromatic nitrogens is 2. The standard InChI is InChI=1S/C17H11FN2O4/c18-8-1-3-10-11-6-13(17(22)23)20-16(15(11)19-12(10)5-8)14-4-2-9(7-21)24-14/h1-6,19,21H,7H2,(H,22,23). The van der Waals surface area contributed by atoms with Crippen molar-refractivity contribution in [2.75, 3.05) is 0 Å². The zero-order chi connectivity index (χ0) is 16.8. The van der Waals surface area contributed by atoms with Gasteiger partial charge >= 0.3 is 5.97 Å². The van der Waals surface area contributed by atoms with Crippen molar-refractivity contribution < 1.29 is 23.8 Å². The molecule has 0 fully saturated rings. The Morgan fingerprint density at radius 1 is 1.21 bits per heavy atom. The summed E-state index contributed by atoms with van der Waals surface area (Å²) in [5, 5.41) is 19.8. The average molecular weight is 326 g/mol. The van der Waals surface area contributed by atoms with Crippen molar-refractivity contribution in [3.63, 3.8) is 0 Å². The first-order valence-electron chi connectivity index (χ1n) is 7.12. The smallest absolute Gasteiger partial charge is 0.354 e. The predicted octanol–water partition coefficient (Wildman–Crippen LogP) is 3.31. The number of halogens is 1. The summed E-state index contributed by atoms with van der Waals surface area (Å²) in [5.74, 6) is -0.923. The molecule has 0 aliphatic rings. The minimum atomic E-state index is -1.18. The van der Waals surface area contributed by atoms with Gasteiger partial charge in [0.15, 0.2) is 5.76 Å². The number of nitrogens with zero attached hydrogens (tertiary/aromatic N) is 1. The van der Waals surface area contributed by atoms with Gasteiger partial charge in [0.1, 0.15) is 29.6 Å². The normalized spacial score (nSPS) is 11.4. The molecule has 0 aliphatic carbocycles. The van der Waals surface area contributed by atoms with E-state index < -0.39 is 11.8 Å². The SMILES string of the molecule is O=C(O)c1cc2c([nH]c3cc(F)ccc32)c(-c2ccc(CO)o2)n1. The van der Waals surface area contributed by atoms with Gasteiger partial charge < -0.3 is 19.6 Å². The van der Waals surface area contributed by atoms with E-state index in [0.29, 0.717) is 39.0 Å². The number of hydrogen-bond donors (Lipinski definition) is 3. The molecule has 4 aromatic rings. The lowest BCUT2D eigenvalue weighted by Crippen LogP contribution is -2.01. The molecule has 0 spiro atoms. The monoisotopic (exact) mass is 326 g/mol. The first kappa shape index (κ1) is 14.4. The van der Waals surface area contributed by atoms with Crippen molar-refractivity contribution in [2.24, 2.45) is 0 Å². The Morgan fingerprint density at radius 2 is 2.04 bits per heavy atom. The second-order valence-corrected chi connectivity index (χ2v) is 5.32. The third-order valence-corrected chi connectivity index (χ3v) is 3.82.